The number of aromatic nitrogens is 4. The molecule has 0 spiro atoms. The maximum atomic E-state index is 12.9. The monoisotopic (exact) mass is 642 g/mol. The molecule has 0 saturated carbocycles. The first kappa shape index (κ1) is 29.3. The Hall–Kier alpha value is -6.85. The van der Waals surface area contributed by atoms with Crippen LogP contribution in [0.25, 0.3) is 90.9 Å². The third-order valence-corrected chi connectivity index (χ3v) is 9.27. The van der Waals surface area contributed by atoms with Gasteiger partial charge in [-0.25, -0.2) is 9.97 Å². The lowest BCUT2D eigenvalue weighted by atomic mass is 10.0. The van der Waals surface area contributed by atoms with Gasteiger partial charge in [-0.2, -0.15) is 0 Å². The number of aldehydes is 1. The van der Waals surface area contributed by atoms with E-state index in [9.17, 15) is 4.79 Å². The average Bonchev–Trinajstić information content (AvgIpc) is 4.00. The summed E-state index contributed by atoms with van der Waals surface area (Å²) in [5, 5.41) is 0. The van der Waals surface area contributed by atoms with Gasteiger partial charge in [0.1, 0.15) is 0 Å². The van der Waals surface area contributed by atoms with Crippen molar-refractivity contribution >= 4 is 52.7 Å². The maximum Gasteiger partial charge on any atom is 0.152 e. The molecule has 7 aromatic rings. The van der Waals surface area contributed by atoms with Crippen LogP contribution in [0.1, 0.15) is 33.1 Å². The summed E-state index contributed by atoms with van der Waals surface area (Å²) < 4.78 is 0. The average molecular weight is 643 g/mol. The van der Waals surface area contributed by atoms with Crippen LogP contribution in [-0.2, 0) is 0 Å². The zero-order valence-corrected chi connectivity index (χ0v) is 27.0. The highest BCUT2D eigenvalue weighted by atomic mass is 16.1. The Morgan fingerprint density at radius 3 is 1.16 bits per heavy atom. The lowest BCUT2D eigenvalue weighted by Crippen LogP contribution is -1.90. The molecule has 3 aromatic heterocycles. The van der Waals surface area contributed by atoms with Gasteiger partial charge >= 0.3 is 0 Å². The highest BCUT2D eigenvalue weighted by molar-refractivity contribution is 6.04. The number of aromatic amines is 2. The predicted octanol–water partition coefficient (Wildman–Crippen LogP) is 11.1. The van der Waals surface area contributed by atoms with Crippen LogP contribution in [0.3, 0.4) is 0 Å². The Morgan fingerprint density at radius 2 is 0.760 bits per heavy atom. The first-order valence-corrected chi connectivity index (χ1v) is 16.6. The summed E-state index contributed by atoms with van der Waals surface area (Å²) in [7, 11) is 0. The largest absolute Gasteiger partial charge is 0.354 e. The van der Waals surface area contributed by atoms with Crippen molar-refractivity contribution in [3.05, 3.63) is 168 Å². The van der Waals surface area contributed by atoms with Crippen molar-refractivity contribution in [1.82, 2.24) is 19.9 Å². The first-order chi connectivity index (χ1) is 24.7. The third-order valence-electron chi connectivity index (χ3n) is 9.27. The summed E-state index contributed by atoms with van der Waals surface area (Å²) in [4.78, 5) is 31.0. The number of carbonyl (C=O) groups excluding carboxylic acids is 1. The Bertz CT molecular complexity index is 2630. The molecule has 5 heterocycles. The molecule has 5 heteroatoms. The van der Waals surface area contributed by atoms with E-state index in [1.54, 1.807) is 0 Å². The second kappa shape index (κ2) is 12.3. The number of benzene rings is 4. The Labute approximate surface area is 289 Å². The molecule has 0 aliphatic carbocycles. The van der Waals surface area contributed by atoms with E-state index in [0.29, 0.717) is 11.1 Å². The summed E-state index contributed by atoms with van der Waals surface area (Å²) in [6.07, 6.45) is 9.18. The molecule has 2 N–H and O–H groups in total. The van der Waals surface area contributed by atoms with E-state index in [1.165, 1.54) is 0 Å². The van der Waals surface area contributed by atoms with Gasteiger partial charge < -0.3 is 9.97 Å². The topological polar surface area (TPSA) is 74.4 Å². The zero-order chi connectivity index (χ0) is 33.4. The molecule has 0 atom stereocenters. The SMILES string of the molecule is O=Cc1cc2[nH]c1c(-c1ccccc1)c1nc(c(-c3ccccc3)c3ccc([nH]3)c(-c3ccccc3)c3nc(c2-c2ccccc2)C=C3)C=C1. The van der Waals surface area contributed by atoms with E-state index in [1.807, 2.05) is 72.8 Å². The minimum absolute atomic E-state index is 0.547. The minimum atomic E-state index is 0.547. The van der Waals surface area contributed by atoms with Crippen molar-refractivity contribution < 1.29 is 4.79 Å². The van der Waals surface area contributed by atoms with Crippen LogP contribution < -0.4 is 0 Å². The fourth-order valence-electron chi connectivity index (χ4n) is 7.04. The minimum Gasteiger partial charge on any atom is -0.354 e. The van der Waals surface area contributed by atoms with Crippen LogP contribution in [0, 0.1) is 0 Å². The van der Waals surface area contributed by atoms with E-state index < -0.39 is 0 Å². The van der Waals surface area contributed by atoms with Crippen LogP contribution in [0.4, 0.5) is 0 Å². The predicted molar refractivity (Wildman–Crippen MR) is 206 cm³/mol. The quantitative estimate of drug-likeness (QED) is 0.183. The van der Waals surface area contributed by atoms with E-state index in [4.69, 9.17) is 9.97 Å². The fourth-order valence-corrected chi connectivity index (χ4v) is 7.04. The van der Waals surface area contributed by atoms with Crippen molar-refractivity contribution in [3.63, 3.8) is 0 Å². The molecule has 0 unspecified atom stereocenters. The van der Waals surface area contributed by atoms with Crippen LogP contribution in [0.5, 0.6) is 0 Å². The summed E-state index contributed by atoms with van der Waals surface area (Å²) in [6, 6.07) is 47.2. The normalized spacial score (nSPS) is 11.9. The second-order valence-electron chi connectivity index (χ2n) is 12.3. The molecule has 2 aliphatic rings. The lowest BCUT2D eigenvalue weighted by molar-refractivity contribution is 0.112. The van der Waals surface area contributed by atoms with Crippen molar-refractivity contribution in [1.29, 1.82) is 0 Å². The molecular formula is C45H30N4O. The zero-order valence-electron chi connectivity index (χ0n) is 27.0. The number of H-pyrrole nitrogens is 2. The number of hydrogen-bond acceptors (Lipinski definition) is 3. The van der Waals surface area contributed by atoms with Gasteiger partial charge in [-0.15, -0.1) is 0 Å². The molecule has 0 radical (unpaired) electrons. The van der Waals surface area contributed by atoms with E-state index >= 15 is 0 Å². The smallest absolute Gasteiger partial charge is 0.152 e. The van der Waals surface area contributed by atoms with Gasteiger partial charge in [0.15, 0.2) is 6.29 Å². The van der Waals surface area contributed by atoms with E-state index in [0.717, 1.165) is 90.1 Å². The van der Waals surface area contributed by atoms with Crippen LogP contribution in [0.2, 0.25) is 0 Å². The molecule has 236 valence electrons. The molecule has 0 amide bonds. The van der Waals surface area contributed by atoms with Crippen molar-refractivity contribution in [2.75, 3.05) is 0 Å². The second-order valence-corrected chi connectivity index (χ2v) is 12.3. The molecule has 0 saturated heterocycles. The summed E-state index contributed by atoms with van der Waals surface area (Å²) in [5.74, 6) is 0. The van der Waals surface area contributed by atoms with Gasteiger partial charge in [0, 0.05) is 44.4 Å². The van der Waals surface area contributed by atoms with Crippen LogP contribution >= 0.6 is 0 Å². The molecular weight excluding hydrogens is 613 g/mol. The first-order valence-electron chi connectivity index (χ1n) is 16.6. The molecule has 5 nitrogen and oxygen atoms in total. The van der Waals surface area contributed by atoms with E-state index in [-0.39, 0.29) is 0 Å². The number of fused-ring (bicyclic) bond motifs is 8. The summed E-state index contributed by atoms with van der Waals surface area (Å²) in [5.41, 5.74) is 14.9. The molecule has 50 heavy (non-hydrogen) atoms. The van der Waals surface area contributed by atoms with Gasteiger partial charge in [0.2, 0.25) is 0 Å². The van der Waals surface area contributed by atoms with Crippen molar-refractivity contribution in [3.8, 4) is 44.5 Å². The number of nitrogens with zero attached hydrogens (tertiary/aromatic N) is 2. The van der Waals surface area contributed by atoms with Crippen molar-refractivity contribution in [2.24, 2.45) is 0 Å². The Balaban J connectivity index is 1.52. The Morgan fingerprint density at radius 1 is 0.400 bits per heavy atom. The molecule has 9 rings (SSSR count). The van der Waals surface area contributed by atoms with Gasteiger partial charge in [-0.3, -0.25) is 4.79 Å². The highest BCUT2D eigenvalue weighted by Crippen LogP contribution is 2.39. The molecule has 8 bridgehead atoms. The van der Waals surface area contributed by atoms with Gasteiger partial charge in [0.25, 0.3) is 0 Å². The Kier molecular flexibility index (Phi) is 7.21. The molecule has 4 aromatic carbocycles. The van der Waals surface area contributed by atoms with Gasteiger partial charge in [-0.05, 0) is 64.8 Å². The van der Waals surface area contributed by atoms with Crippen LogP contribution in [-0.4, -0.2) is 26.2 Å². The number of hydrogen-bond donors (Lipinski definition) is 2. The number of nitrogens with one attached hydrogen (secondary N) is 2. The standard InChI is InChI=1S/C45H30N4O/c50-28-33-27-40-43(31-17-9-3-10-18-31)38-24-23-36(47-38)41(29-13-5-1-6-14-29)34-21-22-35(46-34)42(30-15-7-2-8-16-30)37-25-26-39(48-37)44(45(33)49-40)32-19-11-4-12-20-32/h1-28,46,49H. The molecule has 0 fully saturated rings. The third kappa shape index (κ3) is 5.09. The summed E-state index contributed by atoms with van der Waals surface area (Å²) in [6.45, 7) is 0. The maximum absolute atomic E-state index is 12.9. The molecule has 2 aliphatic heterocycles. The highest BCUT2D eigenvalue weighted by Gasteiger charge is 2.20. The number of carbonyl (C=O) groups is 1. The van der Waals surface area contributed by atoms with Gasteiger partial charge in [-0.1, -0.05) is 121 Å². The number of rotatable bonds is 5. The fraction of sp³-hybridized carbons (Fsp3) is 0. The van der Waals surface area contributed by atoms with Crippen LogP contribution in [0.15, 0.2) is 140 Å². The van der Waals surface area contributed by atoms with Gasteiger partial charge in [0.05, 0.1) is 28.3 Å². The van der Waals surface area contributed by atoms with E-state index in [2.05, 4.69) is 101 Å². The lowest BCUT2D eigenvalue weighted by Gasteiger charge is -2.07. The summed E-state index contributed by atoms with van der Waals surface area (Å²) >= 11 is 0. The van der Waals surface area contributed by atoms with Crippen molar-refractivity contribution in [2.45, 2.75) is 0 Å².